The van der Waals surface area contributed by atoms with Crippen LogP contribution in [0.5, 0.6) is 11.8 Å². The average Bonchev–Trinajstić information content (AvgIpc) is 3.13. The van der Waals surface area contributed by atoms with E-state index < -0.39 is 5.82 Å². The Labute approximate surface area is 110 Å². The zero-order valence-corrected chi connectivity index (χ0v) is 10.6. The van der Waals surface area contributed by atoms with Crippen molar-refractivity contribution in [2.24, 2.45) is 0 Å². The number of nitrogens with zero attached hydrogens (tertiary/aromatic N) is 1. The van der Waals surface area contributed by atoms with E-state index in [1.165, 1.54) is 19.1 Å². The molecule has 100 valence electrons. The molecule has 0 atom stereocenters. The monoisotopic (exact) mass is 262 g/mol. The lowest BCUT2D eigenvalue weighted by molar-refractivity contribution is 0.317. The Morgan fingerprint density at radius 1 is 1.47 bits per heavy atom. The molecular formula is C14H15FN2O2. The molecule has 1 N–H and O–H groups in total. The summed E-state index contributed by atoms with van der Waals surface area (Å²) in [5, 5.41) is 3.32. The summed E-state index contributed by atoms with van der Waals surface area (Å²) < 4.78 is 24.2. The highest BCUT2D eigenvalue weighted by Crippen LogP contribution is 2.26. The lowest BCUT2D eigenvalue weighted by atomic mass is 10.2. The van der Waals surface area contributed by atoms with E-state index in [0.717, 1.165) is 5.69 Å². The largest absolute Gasteiger partial charge is 0.417 e. The fourth-order valence-corrected chi connectivity index (χ4v) is 1.75. The van der Waals surface area contributed by atoms with Crippen LogP contribution in [0.4, 0.5) is 4.39 Å². The second kappa shape index (κ2) is 5.01. The number of hydrogen-bond acceptors (Lipinski definition) is 4. The molecule has 4 nitrogen and oxygen atoms in total. The van der Waals surface area contributed by atoms with Crippen LogP contribution >= 0.6 is 0 Å². The molecule has 1 aromatic heterocycles. The Kier molecular flexibility index (Phi) is 3.21. The number of ether oxygens (including phenoxy) is 1. The Balaban J connectivity index is 1.67. The number of nitrogens with one attached hydrogen (secondary N) is 1. The molecule has 0 bridgehead atoms. The summed E-state index contributed by atoms with van der Waals surface area (Å²) >= 11 is 0. The highest BCUT2D eigenvalue weighted by atomic mass is 19.1. The smallest absolute Gasteiger partial charge is 0.399 e. The van der Waals surface area contributed by atoms with Crippen LogP contribution in [0.2, 0.25) is 0 Å². The van der Waals surface area contributed by atoms with Gasteiger partial charge in [0.1, 0.15) is 6.26 Å². The second-order valence-electron chi connectivity index (χ2n) is 4.75. The molecule has 1 fully saturated rings. The average molecular weight is 262 g/mol. The quantitative estimate of drug-likeness (QED) is 0.899. The molecule has 0 aliphatic heterocycles. The predicted molar refractivity (Wildman–Crippen MR) is 67.6 cm³/mol. The Morgan fingerprint density at radius 2 is 2.32 bits per heavy atom. The molecule has 0 unspecified atom stereocenters. The molecule has 1 aromatic carbocycles. The number of hydrogen-bond donors (Lipinski definition) is 1. The highest BCUT2D eigenvalue weighted by molar-refractivity contribution is 5.31. The van der Waals surface area contributed by atoms with E-state index in [1.807, 2.05) is 0 Å². The fraction of sp³-hybridized carbons (Fsp3) is 0.357. The Bertz CT molecular complexity index is 579. The maximum Gasteiger partial charge on any atom is 0.399 e. The first-order valence-electron chi connectivity index (χ1n) is 6.33. The Hall–Kier alpha value is -1.88. The first-order valence-corrected chi connectivity index (χ1v) is 6.33. The fourth-order valence-electron chi connectivity index (χ4n) is 1.75. The van der Waals surface area contributed by atoms with Crippen molar-refractivity contribution < 1.29 is 13.5 Å². The third-order valence-corrected chi connectivity index (χ3v) is 3.03. The number of aromatic nitrogens is 1. The van der Waals surface area contributed by atoms with Gasteiger partial charge in [0.05, 0.1) is 5.69 Å². The molecule has 3 rings (SSSR count). The van der Waals surface area contributed by atoms with Crippen LogP contribution in [0.15, 0.2) is 28.9 Å². The summed E-state index contributed by atoms with van der Waals surface area (Å²) in [4.78, 5) is 4.16. The van der Waals surface area contributed by atoms with Gasteiger partial charge >= 0.3 is 6.08 Å². The van der Waals surface area contributed by atoms with E-state index in [9.17, 15) is 4.39 Å². The van der Waals surface area contributed by atoms with Crippen molar-refractivity contribution in [3.05, 3.63) is 41.5 Å². The topological polar surface area (TPSA) is 47.3 Å². The normalized spacial score (nSPS) is 14.6. The molecule has 0 radical (unpaired) electrons. The van der Waals surface area contributed by atoms with Crippen molar-refractivity contribution in [2.75, 3.05) is 0 Å². The van der Waals surface area contributed by atoms with Gasteiger partial charge in [0.15, 0.2) is 11.6 Å². The van der Waals surface area contributed by atoms with Gasteiger partial charge in [-0.05, 0) is 31.4 Å². The highest BCUT2D eigenvalue weighted by Gasteiger charge is 2.20. The van der Waals surface area contributed by atoms with Crippen LogP contribution in [0.1, 0.15) is 24.1 Å². The zero-order valence-electron chi connectivity index (χ0n) is 10.6. The van der Waals surface area contributed by atoms with Gasteiger partial charge in [0.25, 0.3) is 0 Å². The van der Waals surface area contributed by atoms with E-state index in [1.54, 1.807) is 25.1 Å². The SMILES string of the molecule is Cc1cccc(Oc2nc(CNC3CC3)co2)c1F. The van der Waals surface area contributed by atoms with Gasteiger partial charge < -0.3 is 14.5 Å². The maximum atomic E-state index is 13.7. The van der Waals surface area contributed by atoms with Crippen molar-refractivity contribution in [1.82, 2.24) is 10.3 Å². The van der Waals surface area contributed by atoms with E-state index >= 15 is 0 Å². The number of benzene rings is 1. The van der Waals surface area contributed by atoms with Gasteiger partial charge in [-0.3, -0.25) is 0 Å². The van der Waals surface area contributed by atoms with Crippen LogP contribution in [0, 0.1) is 12.7 Å². The molecule has 1 heterocycles. The van der Waals surface area contributed by atoms with Crippen molar-refractivity contribution in [2.45, 2.75) is 32.4 Å². The third kappa shape index (κ3) is 2.93. The summed E-state index contributed by atoms with van der Waals surface area (Å²) in [6.07, 6.45) is 4.03. The minimum Gasteiger partial charge on any atom is -0.417 e. The molecular weight excluding hydrogens is 247 g/mol. The van der Waals surface area contributed by atoms with Crippen molar-refractivity contribution in [3.63, 3.8) is 0 Å². The van der Waals surface area contributed by atoms with Gasteiger partial charge in [0.2, 0.25) is 0 Å². The van der Waals surface area contributed by atoms with Gasteiger partial charge in [0, 0.05) is 12.6 Å². The van der Waals surface area contributed by atoms with Crippen molar-refractivity contribution in [1.29, 1.82) is 0 Å². The van der Waals surface area contributed by atoms with Crippen LogP contribution in [0.3, 0.4) is 0 Å². The second-order valence-corrected chi connectivity index (χ2v) is 4.75. The summed E-state index contributed by atoms with van der Waals surface area (Å²) in [6.45, 7) is 2.33. The molecule has 5 heteroatoms. The summed E-state index contributed by atoms with van der Waals surface area (Å²) in [6, 6.07) is 5.57. The van der Waals surface area contributed by atoms with Gasteiger partial charge in [-0.2, -0.15) is 4.98 Å². The summed E-state index contributed by atoms with van der Waals surface area (Å²) in [5.41, 5.74) is 1.29. The number of rotatable bonds is 5. The van der Waals surface area contributed by atoms with Gasteiger partial charge in [-0.1, -0.05) is 12.1 Å². The Morgan fingerprint density at radius 3 is 3.11 bits per heavy atom. The minimum absolute atomic E-state index is 0.0668. The lowest BCUT2D eigenvalue weighted by Crippen LogP contribution is -2.15. The van der Waals surface area contributed by atoms with E-state index in [0.29, 0.717) is 18.2 Å². The molecule has 1 saturated carbocycles. The summed E-state index contributed by atoms with van der Waals surface area (Å²) in [5.74, 6) is -0.262. The molecule has 0 spiro atoms. The number of oxazole rings is 1. The van der Waals surface area contributed by atoms with Crippen LogP contribution in [0.25, 0.3) is 0 Å². The van der Waals surface area contributed by atoms with Crippen molar-refractivity contribution >= 4 is 0 Å². The standard InChI is InChI=1S/C14H15FN2O2/c1-9-3-2-4-12(13(9)15)19-14-17-11(8-18-14)7-16-10-5-6-10/h2-4,8,10,16H,5-7H2,1H3. The molecule has 1 aliphatic carbocycles. The molecule has 1 aliphatic rings. The molecule has 2 aromatic rings. The minimum atomic E-state index is -0.390. The number of halogens is 1. The lowest BCUT2D eigenvalue weighted by Gasteiger charge is -2.03. The van der Waals surface area contributed by atoms with E-state index in [4.69, 9.17) is 9.15 Å². The van der Waals surface area contributed by atoms with Crippen LogP contribution in [-0.2, 0) is 6.54 Å². The zero-order chi connectivity index (χ0) is 13.2. The van der Waals surface area contributed by atoms with E-state index in [-0.39, 0.29) is 11.8 Å². The number of aryl methyl sites for hydroxylation is 1. The van der Waals surface area contributed by atoms with Crippen LogP contribution < -0.4 is 10.1 Å². The predicted octanol–water partition coefficient (Wildman–Crippen LogP) is 3.17. The van der Waals surface area contributed by atoms with Crippen molar-refractivity contribution in [3.8, 4) is 11.8 Å². The van der Waals surface area contributed by atoms with Gasteiger partial charge in [-0.15, -0.1) is 0 Å². The summed E-state index contributed by atoms with van der Waals surface area (Å²) in [7, 11) is 0. The maximum absolute atomic E-state index is 13.7. The molecule has 0 saturated heterocycles. The first-order chi connectivity index (χ1) is 9.22. The molecule has 19 heavy (non-hydrogen) atoms. The van der Waals surface area contributed by atoms with Crippen LogP contribution in [-0.4, -0.2) is 11.0 Å². The van der Waals surface area contributed by atoms with E-state index in [2.05, 4.69) is 10.3 Å². The molecule has 0 amide bonds. The third-order valence-electron chi connectivity index (χ3n) is 3.03. The van der Waals surface area contributed by atoms with Gasteiger partial charge in [-0.25, -0.2) is 4.39 Å². The first kappa shape index (κ1) is 12.2.